The van der Waals surface area contributed by atoms with E-state index in [1.807, 2.05) is 0 Å². The minimum absolute atomic E-state index is 0.143. The van der Waals surface area contributed by atoms with E-state index in [1.165, 1.54) is 12.1 Å². The molecule has 1 unspecified atom stereocenters. The second kappa shape index (κ2) is 7.31. The van der Waals surface area contributed by atoms with Crippen LogP contribution < -0.4 is 14.2 Å². The smallest absolute Gasteiger partial charge is 0.240 e. The van der Waals surface area contributed by atoms with E-state index in [0.717, 1.165) is 0 Å². The van der Waals surface area contributed by atoms with E-state index in [1.54, 1.807) is 13.2 Å². The molecule has 0 spiro atoms. The Morgan fingerprint density at radius 3 is 2.76 bits per heavy atom. The second-order valence-electron chi connectivity index (χ2n) is 4.54. The number of fused-ring (bicyclic) bond motifs is 1. The Balaban J connectivity index is 1.99. The number of alkyl halides is 1. The summed E-state index contributed by atoms with van der Waals surface area (Å²) in [4.78, 5) is 0.143. The van der Waals surface area contributed by atoms with Crippen molar-refractivity contribution in [1.82, 2.24) is 4.72 Å². The molecule has 21 heavy (non-hydrogen) atoms. The maximum Gasteiger partial charge on any atom is 0.240 e. The summed E-state index contributed by atoms with van der Waals surface area (Å²) < 4.78 is 42.5. The van der Waals surface area contributed by atoms with Gasteiger partial charge in [-0.1, -0.05) is 0 Å². The van der Waals surface area contributed by atoms with Gasteiger partial charge in [-0.2, -0.15) is 0 Å². The molecule has 6 nitrogen and oxygen atoms in total. The van der Waals surface area contributed by atoms with Crippen LogP contribution >= 0.6 is 11.6 Å². The molecule has 0 aromatic heterocycles. The minimum atomic E-state index is -3.59. The topological polar surface area (TPSA) is 73.9 Å². The minimum Gasteiger partial charge on any atom is -0.486 e. The lowest BCUT2D eigenvalue weighted by Crippen LogP contribution is -2.27. The van der Waals surface area contributed by atoms with Crippen molar-refractivity contribution in [3.05, 3.63) is 18.2 Å². The normalized spacial score (nSPS) is 15.7. The van der Waals surface area contributed by atoms with E-state index in [4.69, 9.17) is 25.8 Å². The molecule has 1 N–H and O–H groups in total. The third-order valence-corrected chi connectivity index (χ3v) is 4.72. The fraction of sp³-hybridized carbons (Fsp3) is 0.538. The van der Waals surface area contributed by atoms with Gasteiger partial charge in [0.15, 0.2) is 11.5 Å². The fourth-order valence-electron chi connectivity index (χ4n) is 1.89. The van der Waals surface area contributed by atoms with Gasteiger partial charge < -0.3 is 14.2 Å². The fourth-order valence-corrected chi connectivity index (χ4v) is 3.19. The van der Waals surface area contributed by atoms with E-state index >= 15 is 0 Å². The van der Waals surface area contributed by atoms with Gasteiger partial charge in [-0.3, -0.25) is 0 Å². The van der Waals surface area contributed by atoms with E-state index in [-0.39, 0.29) is 16.8 Å². The Kier molecular flexibility index (Phi) is 5.69. The van der Waals surface area contributed by atoms with Gasteiger partial charge in [-0.15, -0.1) is 11.6 Å². The first kappa shape index (κ1) is 16.4. The molecule has 8 heteroatoms. The summed E-state index contributed by atoms with van der Waals surface area (Å²) in [6.07, 6.45) is 0.485. The monoisotopic (exact) mass is 335 g/mol. The molecule has 0 bridgehead atoms. The number of methoxy groups -OCH3 is 1. The Hall–Kier alpha value is -1.02. The highest BCUT2D eigenvalue weighted by Crippen LogP contribution is 2.32. The number of halogens is 1. The largest absolute Gasteiger partial charge is 0.486 e. The maximum atomic E-state index is 12.2. The van der Waals surface area contributed by atoms with E-state index in [9.17, 15) is 8.42 Å². The van der Waals surface area contributed by atoms with Crippen molar-refractivity contribution in [2.45, 2.75) is 16.7 Å². The van der Waals surface area contributed by atoms with Crippen molar-refractivity contribution in [2.75, 3.05) is 33.5 Å². The Bertz CT molecular complexity index is 578. The molecule has 1 heterocycles. The lowest BCUT2D eigenvalue weighted by Gasteiger charge is -2.19. The highest BCUT2D eigenvalue weighted by Gasteiger charge is 2.19. The highest BCUT2D eigenvalue weighted by atomic mass is 35.5. The lowest BCUT2D eigenvalue weighted by molar-refractivity contribution is 0.171. The van der Waals surface area contributed by atoms with Crippen LogP contribution in [0.3, 0.4) is 0 Å². The van der Waals surface area contributed by atoms with Crippen molar-refractivity contribution in [3.8, 4) is 11.5 Å². The van der Waals surface area contributed by atoms with Crippen LogP contribution in [-0.4, -0.2) is 47.3 Å². The molecule has 0 amide bonds. The lowest BCUT2D eigenvalue weighted by atomic mass is 10.3. The van der Waals surface area contributed by atoms with Crippen LogP contribution in [-0.2, 0) is 14.8 Å². The molecule has 1 aliphatic rings. The molecule has 1 atom stereocenters. The third-order valence-electron chi connectivity index (χ3n) is 2.92. The summed E-state index contributed by atoms with van der Waals surface area (Å²) in [5.74, 6) is 1.000. The Labute approximate surface area is 129 Å². The first-order chi connectivity index (χ1) is 10.0. The number of nitrogens with one attached hydrogen (secondary N) is 1. The van der Waals surface area contributed by atoms with Gasteiger partial charge in [0.25, 0.3) is 0 Å². The molecule has 0 radical (unpaired) electrons. The van der Waals surface area contributed by atoms with Gasteiger partial charge in [-0.25, -0.2) is 13.1 Å². The molecular formula is C13H18ClNO5S. The van der Waals surface area contributed by atoms with E-state index in [2.05, 4.69) is 4.72 Å². The SMILES string of the molecule is COCC(Cl)CCNS(=O)(=O)c1ccc2c(c1)OCCO2. The van der Waals surface area contributed by atoms with Gasteiger partial charge >= 0.3 is 0 Å². The van der Waals surface area contributed by atoms with Gasteiger partial charge in [0.2, 0.25) is 10.0 Å². The standard InChI is InChI=1S/C13H18ClNO5S/c1-18-9-10(14)4-5-15-21(16,17)11-2-3-12-13(8-11)20-7-6-19-12/h2-3,8,10,15H,4-7,9H2,1H3. The van der Waals surface area contributed by atoms with Crippen LogP contribution in [0.4, 0.5) is 0 Å². The number of sulfonamides is 1. The second-order valence-corrected chi connectivity index (χ2v) is 6.93. The molecular weight excluding hydrogens is 318 g/mol. The molecule has 2 rings (SSSR count). The Morgan fingerprint density at radius 1 is 1.33 bits per heavy atom. The zero-order chi connectivity index (χ0) is 15.3. The van der Waals surface area contributed by atoms with Gasteiger partial charge in [0, 0.05) is 19.7 Å². The summed E-state index contributed by atoms with van der Waals surface area (Å²) >= 11 is 5.95. The molecule has 0 saturated heterocycles. The van der Waals surface area contributed by atoms with Crippen molar-refractivity contribution in [3.63, 3.8) is 0 Å². The average Bonchev–Trinajstić information content (AvgIpc) is 2.47. The van der Waals surface area contributed by atoms with E-state index < -0.39 is 10.0 Å². The van der Waals surface area contributed by atoms with Crippen LogP contribution in [0.2, 0.25) is 0 Å². The summed E-state index contributed by atoms with van der Waals surface area (Å²) in [6, 6.07) is 4.55. The number of hydrogen-bond acceptors (Lipinski definition) is 5. The van der Waals surface area contributed by atoms with Crippen molar-refractivity contribution < 1.29 is 22.6 Å². The molecule has 0 aliphatic carbocycles. The number of ether oxygens (including phenoxy) is 3. The van der Waals surface area contributed by atoms with Crippen LogP contribution in [0, 0.1) is 0 Å². The number of rotatable bonds is 7. The predicted octanol–water partition coefficient (Wildman–Crippen LogP) is 1.38. The van der Waals surface area contributed by atoms with Crippen LogP contribution in [0.25, 0.3) is 0 Å². The van der Waals surface area contributed by atoms with Crippen LogP contribution in [0.1, 0.15) is 6.42 Å². The van der Waals surface area contributed by atoms with Gasteiger partial charge in [0.05, 0.1) is 16.9 Å². The molecule has 118 valence electrons. The summed E-state index contributed by atoms with van der Waals surface area (Å²) in [7, 11) is -2.04. The molecule has 1 aromatic rings. The van der Waals surface area contributed by atoms with Crippen LogP contribution in [0.5, 0.6) is 11.5 Å². The van der Waals surface area contributed by atoms with Crippen molar-refractivity contribution in [2.24, 2.45) is 0 Å². The zero-order valence-electron chi connectivity index (χ0n) is 11.7. The summed E-state index contributed by atoms with van der Waals surface area (Å²) in [6.45, 7) is 1.50. The maximum absolute atomic E-state index is 12.2. The molecule has 1 aliphatic heterocycles. The number of benzene rings is 1. The zero-order valence-corrected chi connectivity index (χ0v) is 13.2. The average molecular weight is 336 g/mol. The molecule has 0 saturated carbocycles. The third kappa shape index (κ3) is 4.47. The Morgan fingerprint density at radius 2 is 2.05 bits per heavy atom. The molecule has 0 fully saturated rings. The van der Waals surface area contributed by atoms with Crippen molar-refractivity contribution in [1.29, 1.82) is 0 Å². The van der Waals surface area contributed by atoms with Crippen LogP contribution in [0.15, 0.2) is 23.1 Å². The quantitative estimate of drug-likeness (QED) is 0.762. The highest BCUT2D eigenvalue weighted by molar-refractivity contribution is 7.89. The van der Waals surface area contributed by atoms with Crippen molar-refractivity contribution >= 4 is 21.6 Å². The van der Waals surface area contributed by atoms with Gasteiger partial charge in [-0.05, 0) is 18.6 Å². The first-order valence-corrected chi connectivity index (χ1v) is 8.47. The van der Waals surface area contributed by atoms with E-state index in [0.29, 0.717) is 37.7 Å². The summed E-state index contributed by atoms with van der Waals surface area (Å²) in [5.41, 5.74) is 0. The van der Waals surface area contributed by atoms with Gasteiger partial charge in [0.1, 0.15) is 13.2 Å². The first-order valence-electron chi connectivity index (χ1n) is 6.55. The predicted molar refractivity (Wildman–Crippen MR) is 78.8 cm³/mol. The summed E-state index contributed by atoms with van der Waals surface area (Å²) in [5, 5.41) is -0.224. The molecule has 1 aromatic carbocycles. The number of hydrogen-bond donors (Lipinski definition) is 1.